The molecule has 1 saturated carbocycles. The van der Waals surface area contributed by atoms with Gasteiger partial charge in [-0.1, -0.05) is 25.1 Å². The van der Waals surface area contributed by atoms with Gasteiger partial charge >= 0.3 is 19.7 Å². The monoisotopic (exact) mass is 603 g/mol. The fourth-order valence-electron chi connectivity index (χ4n) is 5.23. The molecule has 4 N–H and O–H groups in total. The number of para-hydroxylation sites is 1. The van der Waals surface area contributed by atoms with Gasteiger partial charge in [0.15, 0.2) is 5.82 Å². The molecule has 3 heterocycles. The highest BCUT2D eigenvalue weighted by molar-refractivity contribution is 7.52. The molecule has 1 saturated heterocycles. The summed E-state index contributed by atoms with van der Waals surface area (Å²) in [4.78, 5) is 29.2. The van der Waals surface area contributed by atoms with Gasteiger partial charge in [-0.15, -0.1) is 0 Å². The van der Waals surface area contributed by atoms with Crippen molar-refractivity contribution in [2.24, 2.45) is 0 Å². The molecule has 2 aliphatic rings. The number of aromatic nitrogens is 3. The molecular weight excluding hydrogens is 569 g/mol. The van der Waals surface area contributed by atoms with Gasteiger partial charge in [-0.2, -0.15) is 10.2 Å². The SMILES string of the molecule is CCC(=O)O[C@]12C(O[P@@](=O)(N[C@@H](C)C(=O)OC(C)C)Oc3ccccc3)[C@@]1(C)O[C@@H](c1ccc3c(N)ncnn13)[C@@H]2O. The Hall–Kier alpha value is -3.55. The van der Waals surface area contributed by atoms with Gasteiger partial charge in [-0.3, -0.25) is 14.1 Å². The number of esters is 2. The van der Waals surface area contributed by atoms with E-state index in [9.17, 15) is 19.3 Å². The quantitative estimate of drug-likeness (QED) is 0.215. The summed E-state index contributed by atoms with van der Waals surface area (Å²) in [6.45, 7) is 7.99. The van der Waals surface area contributed by atoms with E-state index in [1.54, 1.807) is 70.2 Å². The first-order chi connectivity index (χ1) is 19.8. The third-order valence-corrected chi connectivity index (χ3v) is 8.97. The molecule has 226 valence electrons. The molecule has 14 nitrogen and oxygen atoms in total. The molecular formula is C27H34N5O9P. The fraction of sp³-hybridized carbons (Fsp3) is 0.481. The van der Waals surface area contributed by atoms with Crippen molar-refractivity contribution in [2.45, 2.75) is 82.7 Å². The highest BCUT2D eigenvalue weighted by Crippen LogP contribution is 2.70. The van der Waals surface area contributed by atoms with E-state index in [1.807, 2.05) is 0 Å². The van der Waals surface area contributed by atoms with E-state index in [2.05, 4.69) is 15.2 Å². The van der Waals surface area contributed by atoms with Crippen molar-refractivity contribution in [3.05, 3.63) is 54.5 Å². The van der Waals surface area contributed by atoms with Crippen molar-refractivity contribution in [2.75, 3.05) is 5.73 Å². The van der Waals surface area contributed by atoms with Crippen LogP contribution >= 0.6 is 7.75 Å². The summed E-state index contributed by atoms with van der Waals surface area (Å²) in [6, 6.07) is 10.4. The number of hydrogen-bond donors (Lipinski definition) is 3. The number of nitrogen functional groups attached to an aromatic ring is 1. The zero-order valence-corrected chi connectivity index (χ0v) is 24.7. The average Bonchev–Trinajstić information content (AvgIpc) is 3.20. The van der Waals surface area contributed by atoms with E-state index in [4.69, 9.17) is 29.0 Å². The second-order valence-corrected chi connectivity index (χ2v) is 12.3. The first-order valence-corrected chi connectivity index (χ1v) is 15.1. The van der Waals surface area contributed by atoms with Crippen LogP contribution in [-0.2, 0) is 32.9 Å². The lowest BCUT2D eigenvalue weighted by Gasteiger charge is -2.28. The molecule has 15 heteroatoms. The molecule has 3 aromatic rings. The van der Waals surface area contributed by atoms with E-state index in [1.165, 1.54) is 17.8 Å². The predicted molar refractivity (Wildman–Crippen MR) is 148 cm³/mol. The summed E-state index contributed by atoms with van der Waals surface area (Å²) in [5.41, 5.74) is 3.65. The second-order valence-electron chi connectivity index (χ2n) is 10.6. The highest BCUT2D eigenvalue weighted by atomic mass is 31.2. The molecule has 0 radical (unpaired) electrons. The number of anilines is 1. The topological polar surface area (TPSA) is 186 Å². The zero-order chi connectivity index (χ0) is 30.4. The van der Waals surface area contributed by atoms with E-state index >= 15 is 0 Å². The van der Waals surface area contributed by atoms with Crippen molar-refractivity contribution in [3.8, 4) is 5.75 Å². The molecule has 1 aliphatic carbocycles. The van der Waals surface area contributed by atoms with Crippen molar-refractivity contribution < 1.29 is 42.5 Å². The molecule has 5 rings (SSSR count). The van der Waals surface area contributed by atoms with E-state index in [0.29, 0.717) is 11.2 Å². The number of nitrogens with two attached hydrogens (primary N) is 1. The van der Waals surface area contributed by atoms with Gasteiger partial charge in [0.05, 0.1) is 11.8 Å². The minimum absolute atomic E-state index is 0.00570. The number of hydrogen-bond acceptors (Lipinski definition) is 12. The number of aliphatic hydroxyl groups excluding tert-OH is 1. The Balaban J connectivity index is 1.48. The molecule has 0 bridgehead atoms. The van der Waals surface area contributed by atoms with E-state index in [0.717, 1.165) is 0 Å². The minimum Gasteiger partial charge on any atom is -0.462 e. The Morgan fingerprint density at radius 2 is 1.93 bits per heavy atom. The summed E-state index contributed by atoms with van der Waals surface area (Å²) in [5, 5.41) is 18.5. The highest BCUT2D eigenvalue weighted by Gasteiger charge is 2.90. The molecule has 1 aromatic carbocycles. The largest absolute Gasteiger partial charge is 0.462 e. The predicted octanol–water partition coefficient (Wildman–Crippen LogP) is 2.71. The number of fused-ring (bicyclic) bond motifs is 2. The van der Waals surface area contributed by atoms with Crippen molar-refractivity contribution in [1.29, 1.82) is 0 Å². The maximum Gasteiger partial charge on any atom is 0.459 e. The lowest BCUT2D eigenvalue weighted by Crippen LogP contribution is -2.41. The van der Waals surface area contributed by atoms with Crippen LogP contribution in [0.15, 0.2) is 48.8 Å². The van der Waals surface area contributed by atoms with E-state index in [-0.39, 0.29) is 18.0 Å². The first-order valence-electron chi connectivity index (χ1n) is 13.5. The van der Waals surface area contributed by atoms with Crippen LogP contribution in [0.25, 0.3) is 5.52 Å². The van der Waals surface area contributed by atoms with Gasteiger partial charge in [-0.05, 0) is 52.0 Å². The number of nitrogens with one attached hydrogen (secondary N) is 1. The second kappa shape index (κ2) is 10.9. The lowest BCUT2D eigenvalue weighted by molar-refractivity contribution is -0.161. The van der Waals surface area contributed by atoms with Crippen LogP contribution in [0.1, 0.15) is 52.8 Å². The van der Waals surface area contributed by atoms with Gasteiger partial charge in [0, 0.05) is 6.42 Å². The zero-order valence-electron chi connectivity index (χ0n) is 23.8. The Kier molecular flexibility index (Phi) is 7.79. The lowest BCUT2D eigenvalue weighted by atomic mass is 10.0. The number of ether oxygens (including phenoxy) is 3. The maximum absolute atomic E-state index is 14.3. The maximum atomic E-state index is 14.3. The van der Waals surface area contributed by atoms with Crippen molar-refractivity contribution in [1.82, 2.24) is 19.7 Å². The fourth-order valence-corrected chi connectivity index (χ4v) is 7.00. The summed E-state index contributed by atoms with van der Waals surface area (Å²) in [5.74, 6) is -0.909. The van der Waals surface area contributed by atoms with Gasteiger partial charge in [0.1, 0.15) is 47.5 Å². The summed E-state index contributed by atoms with van der Waals surface area (Å²) >= 11 is 0. The smallest absolute Gasteiger partial charge is 0.459 e. The number of carbonyl (C=O) groups excluding carboxylic acids is 2. The average molecular weight is 604 g/mol. The molecule has 1 aliphatic heterocycles. The Labute approximate surface area is 242 Å². The van der Waals surface area contributed by atoms with Gasteiger partial charge in [-0.25, -0.2) is 14.1 Å². The van der Waals surface area contributed by atoms with Crippen LogP contribution in [0.2, 0.25) is 0 Å². The van der Waals surface area contributed by atoms with E-state index < -0.39 is 61.3 Å². The third kappa shape index (κ3) is 5.03. The summed E-state index contributed by atoms with van der Waals surface area (Å²) in [6.07, 6.45) is -2.92. The van der Waals surface area contributed by atoms with Gasteiger partial charge < -0.3 is 29.6 Å². The van der Waals surface area contributed by atoms with Crippen LogP contribution in [0.4, 0.5) is 5.82 Å². The van der Waals surface area contributed by atoms with Crippen LogP contribution in [0.5, 0.6) is 5.75 Å². The Morgan fingerprint density at radius 3 is 2.60 bits per heavy atom. The molecule has 42 heavy (non-hydrogen) atoms. The molecule has 0 spiro atoms. The Bertz CT molecular complexity index is 1530. The number of rotatable bonds is 11. The molecule has 2 aromatic heterocycles. The third-order valence-electron chi connectivity index (χ3n) is 7.32. The van der Waals surface area contributed by atoms with Gasteiger partial charge in [0.2, 0.25) is 5.60 Å². The minimum atomic E-state index is -4.41. The molecule has 1 unspecified atom stereocenters. The van der Waals surface area contributed by atoms with Crippen molar-refractivity contribution >= 4 is 31.0 Å². The Morgan fingerprint density at radius 1 is 1.21 bits per heavy atom. The first kappa shape index (κ1) is 29.9. The standard InChI is InChI=1S/C27H34N5O9P/c1-6-20(33)38-27-22(34)21(18-12-13-19-23(28)29-14-30-32(18)19)39-26(27,5)25(27)41-42(36,40-17-10-8-7-9-11-17)31-16(4)24(35)37-15(2)3/h7-16,21-22,25,34H,6H2,1-5H3,(H,31,36)(H2,28,29,30)/t16-,21-,22-,25?,26+,27+,42+/m0/s1. The van der Waals surface area contributed by atoms with Crippen molar-refractivity contribution in [3.63, 3.8) is 0 Å². The van der Waals surface area contributed by atoms with Crippen LogP contribution in [-0.4, -0.2) is 67.2 Å². The van der Waals surface area contributed by atoms with Crippen LogP contribution in [0.3, 0.4) is 0 Å². The summed E-state index contributed by atoms with van der Waals surface area (Å²) < 4.78 is 44.9. The van der Waals surface area contributed by atoms with Crippen LogP contribution < -0.4 is 15.3 Å². The normalized spacial score (nSPS) is 28.6. The van der Waals surface area contributed by atoms with Gasteiger partial charge in [0.25, 0.3) is 0 Å². The number of nitrogens with zero attached hydrogens (tertiary/aromatic N) is 3. The summed E-state index contributed by atoms with van der Waals surface area (Å²) in [7, 11) is -4.41. The molecule has 0 amide bonds. The number of carbonyl (C=O) groups is 2. The number of benzene rings is 1. The van der Waals surface area contributed by atoms with Crippen LogP contribution in [0, 0.1) is 0 Å². The molecule has 2 fully saturated rings. The number of aliphatic hydroxyl groups is 1. The molecule has 7 atom stereocenters.